The first-order valence-electron chi connectivity index (χ1n) is 6.57. The van der Waals surface area contributed by atoms with Crippen molar-refractivity contribution in [1.29, 1.82) is 0 Å². The van der Waals surface area contributed by atoms with Gasteiger partial charge in [0.05, 0.1) is 17.0 Å². The van der Waals surface area contributed by atoms with E-state index < -0.39 is 5.97 Å². The van der Waals surface area contributed by atoms with Gasteiger partial charge in [0.1, 0.15) is 0 Å². The maximum absolute atomic E-state index is 12.1. The number of carboxylic acids is 1. The number of fused-ring (bicyclic) bond motifs is 1. The second kappa shape index (κ2) is 6.09. The van der Waals surface area contributed by atoms with Gasteiger partial charge in [0, 0.05) is 23.7 Å². The zero-order valence-electron chi connectivity index (χ0n) is 11.2. The molecule has 0 bridgehead atoms. The Bertz CT molecular complexity index is 706. The number of nitrogens with zero attached hydrogens (tertiary/aromatic N) is 1. The van der Waals surface area contributed by atoms with Crippen LogP contribution < -0.4 is 5.43 Å². The highest BCUT2D eigenvalue weighted by atomic mass is 35.5. The molecule has 0 atom stereocenters. The summed E-state index contributed by atoms with van der Waals surface area (Å²) in [6.45, 7) is 2.71. The normalized spacial score (nSPS) is 10.9. The van der Waals surface area contributed by atoms with Gasteiger partial charge >= 0.3 is 5.97 Å². The van der Waals surface area contributed by atoms with Crippen LogP contribution in [0.3, 0.4) is 0 Å². The Balaban J connectivity index is 2.74. The number of aliphatic carboxylic acids is 1. The molecule has 4 nitrogen and oxygen atoms in total. The van der Waals surface area contributed by atoms with Crippen LogP contribution in [0.4, 0.5) is 0 Å². The molecule has 0 saturated carbocycles. The topological polar surface area (TPSA) is 59.3 Å². The average Bonchev–Trinajstić information content (AvgIpc) is 2.38. The Morgan fingerprint density at radius 2 is 2.15 bits per heavy atom. The van der Waals surface area contributed by atoms with Gasteiger partial charge in [-0.2, -0.15) is 0 Å². The van der Waals surface area contributed by atoms with Crippen molar-refractivity contribution < 1.29 is 9.90 Å². The fourth-order valence-electron chi connectivity index (χ4n) is 2.31. The first kappa shape index (κ1) is 14.6. The molecule has 0 fully saturated rings. The molecule has 0 aliphatic carbocycles. The van der Waals surface area contributed by atoms with E-state index in [9.17, 15) is 9.59 Å². The van der Waals surface area contributed by atoms with E-state index >= 15 is 0 Å². The Morgan fingerprint density at radius 1 is 1.40 bits per heavy atom. The summed E-state index contributed by atoms with van der Waals surface area (Å²) in [7, 11) is 0. The van der Waals surface area contributed by atoms with E-state index in [-0.39, 0.29) is 11.8 Å². The van der Waals surface area contributed by atoms with Crippen molar-refractivity contribution in [1.82, 2.24) is 4.57 Å². The molecule has 0 aliphatic rings. The Labute approximate surface area is 121 Å². The molecule has 1 aromatic heterocycles. The van der Waals surface area contributed by atoms with Crippen molar-refractivity contribution in [2.75, 3.05) is 0 Å². The number of aromatic nitrogens is 1. The molecule has 2 aromatic rings. The lowest BCUT2D eigenvalue weighted by molar-refractivity contribution is -0.136. The molecule has 0 amide bonds. The molecule has 106 valence electrons. The number of unbranched alkanes of at least 4 members (excludes halogenated alkanes) is 1. The molecule has 5 heteroatoms. The first-order valence-corrected chi connectivity index (χ1v) is 6.95. The maximum Gasteiger partial charge on any atom is 0.309 e. The quantitative estimate of drug-likeness (QED) is 0.921. The van der Waals surface area contributed by atoms with Gasteiger partial charge in [0.25, 0.3) is 0 Å². The molecular formula is C15H16ClNO3. The number of benzene rings is 1. The van der Waals surface area contributed by atoms with E-state index in [0.29, 0.717) is 28.2 Å². The van der Waals surface area contributed by atoms with Crippen LogP contribution in [0.5, 0.6) is 0 Å². The van der Waals surface area contributed by atoms with Gasteiger partial charge in [0.2, 0.25) is 0 Å². The lowest BCUT2D eigenvalue weighted by Crippen LogP contribution is -2.17. The molecule has 0 aliphatic heterocycles. The zero-order chi connectivity index (χ0) is 14.7. The zero-order valence-corrected chi connectivity index (χ0v) is 12.0. The second-order valence-corrected chi connectivity index (χ2v) is 5.12. The highest BCUT2D eigenvalue weighted by Gasteiger charge is 2.13. The third-order valence-corrected chi connectivity index (χ3v) is 3.54. The number of carboxylic acid groups (broad SMARTS) is 1. The van der Waals surface area contributed by atoms with Gasteiger partial charge in [-0.15, -0.1) is 0 Å². The van der Waals surface area contributed by atoms with Crippen LogP contribution in [0.1, 0.15) is 25.5 Å². The van der Waals surface area contributed by atoms with Crippen LogP contribution in [-0.4, -0.2) is 15.6 Å². The van der Waals surface area contributed by atoms with E-state index in [1.807, 2.05) is 4.57 Å². The van der Waals surface area contributed by atoms with E-state index in [0.717, 1.165) is 12.8 Å². The number of pyridine rings is 1. The van der Waals surface area contributed by atoms with E-state index in [2.05, 4.69) is 6.92 Å². The largest absolute Gasteiger partial charge is 0.481 e. The smallest absolute Gasteiger partial charge is 0.309 e. The summed E-state index contributed by atoms with van der Waals surface area (Å²) in [6.07, 6.45) is 1.69. The number of rotatable bonds is 5. The third kappa shape index (κ3) is 2.85. The number of halogens is 1. The minimum Gasteiger partial charge on any atom is -0.481 e. The Morgan fingerprint density at radius 3 is 2.80 bits per heavy atom. The van der Waals surface area contributed by atoms with Crippen molar-refractivity contribution in [3.8, 4) is 0 Å². The van der Waals surface area contributed by atoms with E-state index in [1.165, 1.54) is 6.07 Å². The fraction of sp³-hybridized carbons (Fsp3) is 0.333. The predicted molar refractivity (Wildman–Crippen MR) is 79.5 cm³/mol. The van der Waals surface area contributed by atoms with Crippen LogP contribution in [-0.2, 0) is 17.8 Å². The van der Waals surface area contributed by atoms with Crippen molar-refractivity contribution in [2.24, 2.45) is 0 Å². The SMILES string of the molecule is CCCCn1c(CC(=O)O)cc(=O)c2cccc(Cl)c21. The molecule has 1 N–H and O–H groups in total. The Kier molecular flexibility index (Phi) is 4.45. The molecule has 2 rings (SSSR count). The molecule has 0 saturated heterocycles. The minimum absolute atomic E-state index is 0.180. The van der Waals surface area contributed by atoms with Crippen LogP contribution in [0.2, 0.25) is 5.02 Å². The van der Waals surface area contributed by atoms with Crippen LogP contribution >= 0.6 is 11.6 Å². The third-order valence-electron chi connectivity index (χ3n) is 3.23. The van der Waals surface area contributed by atoms with E-state index in [1.54, 1.807) is 18.2 Å². The molecule has 0 radical (unpaired) electrons. The van der Waals surface area contributed by atoms with Gasteiger partial charge in [0.15, 0.2) is 5.43 Å². The standard InChI is InChI=1S/C15H16ClNO3/c1-2-3-7-17-10(9-14(19)20)8-13(18)11-5-4-6-12(16)15(11)17/h4-6,8H,2-3,7,9H2,1H3,(H,19,20). The van der Waals surface area contributed by atoms with Crippen molar-refractivity contribution in [3.05, 3.63) is 45.2 Å². The highest BCUT2D eigenvalue weighted by Crippen LogP contribution is 2.23. The summed E-state index contributed by atoms with van der Waals surface area (Å²) in [5.74, 6) is -0.957. The molecule has 1 aromatic carbocycles. The highest BCUT2D eigenvalue weighted by molar-refractivity contribution is 6.35. The summed E-state index contributed by atoms with van der Waals surface area (Å²) in [4.78, 5) is 23.1. The van der Waals surface area contributed by atoms with Crippen LogP contribution in [0.15, 0.2) is 29.1 Å². The second-order valence-electron chi connectivity index (χ2n) is 4.71. The van der Waals surface area contributed by atoms with Gasteiger partial charge in [-0.1, -0.05) is 31.0 Å². The summed E-state index contributed by atoms with van der Waals surface area (Å²) >= 11 is 6.21. The number of para-hydroxylation sites is 1. The fourth-order valence-corrected chi connectivity index (χ4v) is 2.59. The van der Waals surface area contributed by atoms with Gasteiger partial charge in [-0.25, -0.2) is 0 Å². The van der Waals surface area contributed by atoms with Gasteiger partial charge < -0.3 is 9.67 Å². The number of aryl methyl sites for hydroxylation is 1. The maximum atomic E-state index is 12.1. The van der Waals surface area contributed by atoms with Gasteiger partial charge in [-0.05, 0) is 18.6 Å². The van der Waals surface area contributed by atoms with E-state index in [4.69, 9.17) is 16.7 Å². The predicted octanol–water partition coefficient (Wildman–Crippen LogP) is 3.08. The first-order chi connectivity index (χ1) is 9.54. The molecule has 0 spiro atoms. The van der Waals surface area contributed by atoms with Crippen molar-refractivity contribution >= 4 is 28.5 Å². The van der Waals surface area contributed by atoms with Crippen LogP contribution in [0.25, 0.3) is 10.9 Å². The molecular weight excluding hydrogens is 278 g/mol. The van der Waals surface area contributed by atoms with Gasteiger partial charge in [-0.3, -0.25) is 9.59 Å². The Hall–Kier alpha value is -1.81. The van der Waals surface area contributed by atoms with Crippen molar-refractivity contribution in [3.63, 3.8) is 0 Å². The average molecular weight is 294 g/mol. The summed E-state index contributed by atoms with van der Waals surface area (Å²) in [6, 6.07) is 6.57. The summed E-state index contributed by atoms with van der Waals surface area (Å²) in [5.41, 5.74) is 0.939. The van der Waals surface area contributed by atoms with Crippen LogP contribution in [0, 0.1) is 0 Å². The molecule has 0 unspecified atom stereocenters. The number of carbonyl (C=O) groups is 1. The van der Waals surface area contributed by atoms with Crippen molar-refractivity contribution in [2.45, 2.75) is 32.7 Å². The number of hydrogen-bond acceptors (Lipinski definition) is 2. The number of hydrogen-bond donors (Lipinski definition) is 1. The lowest BCUT2D eigenvalue weighted by atomic mass is 10.1. The lowest BCUT2D eigenvalue weighted by Gasteiger charge is -2.16. The molecule has 20 heavy (non-hydrogen) atoms. The summed E-state index contributed by atoms with van der Waals surface area (Å²) < 4.78 is 1.86. The monoisotopic (exact) mass is 293 g/mol. The minimum atomic E-state index is -0.957. The molecule has 1 heterocycles. The summed E-state index contributed by atoms with van der Waals surface area (Å²) in [5, 5.41) is 10.0.